The number of hydrogen-bond acceptors (Lipinski definition) is 2. The van der Waals surface area contributed by atoms with Crippen LogP contribution >= 0.6 is 0 Å². The van der Waals surface area contributed by atoms with E-state index in [2.05, 4.69) is 334 Å². The van der Waals surface area contributed by atoms with Crippen LogP contribution in [0.15, 0.2) is 315 Å². The average molecular weight is 1150 g/mol. The predicted octanol–water partition coefficient (Wildman–Crippen LogP) is 21.8. The van der Waals surface area contributed by atoms with Crippen LogP contribution in [0.4, 0.5) is 0 Å². The third kappa shape index (κ3) is 7.65. The molecule has 0 saturated heterocycles. The van der Waals surface area contributed by atoms with Crippen molar-refractivity contribution in [3.8, 4) is 67.6 Å². The minimum atomic E-state index is 0.652. The molecule has 6 nitrogen and oxygen atoms in total. The van der Waals surface area contributed by atoms with Crippen molar-refractivity contribution in [1.82, 2.24) is 28.2 Å². The Morgan fingerprint density at radius 1 is 0.200 bits per heavy atom. The van der Waals surface area contributed by atoms with Crippen LogP contribution in [0.5, 0.6) is 0 Å². The molecule has 0 spiro atoms. The minimum Gasteiger partial charge on any atom is -0.309 e. The van der Waals surface area contributed by atoms with Crippen molar-refractivity contribution >= 4 is 109 Å². The second-order valence-electron chi connectivity index (χ2n) is 23.7. The molecular weight excluding hydrogens is 1090 g/mol. The molecule has 0 aliphatic carbocycles. The van der Waals surface area contributed by atoms with Crippen LogP contribution in [-0.2, 0) is 0 Å². The maximum Gasteiger partial charge on any atom is 0.160 e. The van der Waals surface area contributed by atoms with Crippen LogP contribution in [0.2, 0.25) is 0 Å². The maximum absolute atomic E-state index is 5.66. The molecule has 418 valence electrons. The predicted molar refractivity (Wildman–Crippen MR) is 376 cm³/mol. The molecule has 0 aliphatic heterocycles. The number of hydrogen-bond donors (Lipinski definition) is 0. The normalized spacial score (nSPS) is 12.0. The third-order valence-electron chi connectivity index (χ3n) is 18.7. The van der Waals surface area contributed by atoms with Crippen molar-refractivity contribution in [2.24, 2.45) is 0 Å². The Morgan fingerprint density at radius 2 is 0.544 bits per heavy atom. The highest BCUT2D eigenvalue weighted by molar-refractivity contribution is 6.16. The molecule has 19 rings (SSSR count). The van der Waals surface area contributed by atoms with Gasteiger partial charge in [0.05, 0.1) is 55.3 Å². The van der Waals surface area contributed by atoms with Crippen molar-refractivity contribution in [3.63, 3.8) is 0 Å². The molecule has 90 heavy (non-hydrogen) atoms. The van der Waals surface area contributed by atoms with Crippen LogP contribution in [0, 0.1) is 0 Å². The number of rotatable bonds is 8. The molecule has 5 aromatic heterocycles. The largest absolute Gasteiger partial charge is 0.309 e. The monoisotopic (exact) mass is 1140 g/mol. The van der Waals surface area contributed by atoms with E-state index >= 15 is 0 Å². The van der Waals surface area contributed by atoms with E-state index in [4.69, 9.17) is 9.97 Å². The Balaban J connectivity index is 0.825. The molecule has 0 unspecified atom stereocenters. The molecule has 0 saturated carbocycles. The van der Waals surface area contributed by atoms with E-state index in [1.165, 1.54) is 76.3 Å². The van der Waals surface area contributed by atoms with Gasteiger partial charge < -0.3 is 18.3 Å². The molecule has 0 fully saturated rings. The number of nitrogens with zero attached hydrogens (tertiary/aromatic N) is 6. The summed E-state index contributed by atoms with van der Waals surface area (Å²) in [7, 11) is 0. The summed E-state index contributed by atoms with van der Waals surface area (Å²) in [6.45, 7) is 0. The van der Waals surface area contributed by atoms with E-state index in [0.717, 1.165) is 94.4 Å². The summed E-state index contributed by atoms with van der Waals surface area (Å²) >= 11 is 0. The van der Waals surface area contributed by atoms with Gasteiger partial charge in [0.1, 0.15) is 0 Å². The van der Waals surface area contributed by atoms with Crippen molar-refractivity contribution < 1.29 is 0 Å². The first kappa shape index (κ1) is 50.1. The maximum atomic E-state index is 5.66. The molecule has 0 N–H and O–H groups in total. The van der Waals surface area contributed by atoms with Gasteiger partial charge in [-0.1, -0.05) is 194 Å². The smallest absolute Gasteiger partial charge is 0.160 e. The summed E-state index contributed by atoms with van der Waals surface area (Å²) in [4.78, 5) is 11.2. The summed E-state index contributed by atoms with van der Waals surface area (Å²) in [5.41, 5.74) is 21.9. The summed E-state index contributed by atoms with van der Waals surface area (Å²) in [6, 6.07) is 115. The molecule has 14 aromatic carbocycles. The lowest BCUT2D eigenvalue weighted by Gasteiger charge is -2.17. The zero-order chi connectivity index (χ0) is 59.0. The molecule has 0 aliphatic rings. The SMILES string of the molecule is c1ccc(-c2nc(-c3cc(-n4c5ccccc5c5cc(-c6ccc7c(c6)c6ccccc6n7-c6ccccc6)ccc54)cc(-n4c5ccccc5c5cc(-c6ccc7c(c6)c6ccccc6n7-c6ccccc6)ccc54)c3)nc3ccc4ccccc4c23)cc1. The van der Waals surface area contributed by atoms with Gasteiger partial charge >= 0.3 is 0 Å². The fourth-order valence-electron chi connectivity index (χ4n) is 14.7. The fraction of sp³-hybridized carbons (Fsp3) is 0. The van der Waals surface area contributed by atoms with E-state index in [-0.39, 0.29) is 0 Å². The van der Waals surface area contributed by atoms with Gasteiger partial charge in [-0.05, 0) is 154 Å². The number of fused-ring (bicyclic) bond motifs is 15. The van der Waals surface area contributed by atoms with E-state index in [1.807, 2.05) is 0 Å². The summed E-state index contributed by atoms with van der Waals surface area (Å²) in [5, 5.41) is 12.9. The van der Waals surface area contributed by atoms with E-state index in [0.29, 0.717) is 5.82 Å². The Hall–Kier alpha value is -12.1. The molecule has 0 bridgehead atoms. The topological polar surface area (TPSA) is 45.5 Å². The zero-order valence-corrected chi connectivity index (χ0v) is 48.7. The summed E-state index contributed by atoms with van der Waals surface area (Å²) < 4.78 is 9.65. The van der Waals surface area contributed by atoms with Crippen molar-refractivity contribution in [2.45, 2.75) is 0 Å². The number of para-hydroxylation sites is 6. The second kappa shape index (κ2) is 19.7. The Bertz CT molecular complexity index is 5850. The van der Waals surface area contributed by atoms with Gasteiger partial charge in [0.2, 0.25) is 0 Å². The summed E-state index contributed by atoms with van der Waals surface area (Å²) in [5.74, 6) is 0.652. The average Bonchev–Trinajstić information content (AvgIpc) is 1.61. The van der Waals surface area contributed by atoms with Crippen molar-refractivity contribution in [1.29, 1.82) is 0 Å². The number of benzene rings is 14. The van der Waals surface area contributed by atoms with Crippen LogP contribution in [-0.4, -0.2) is 28.2 Å². The Kier molecular flexibility index (Phi) is 11.0. The van der Waals surface area contributed by atoms with Gasteiger partial charge in [0, 0.05) is 82.4 Å². The van der Waals surface area contributed by atoms with E-state index < -0.39 is 0 Å². The highest BCUT2D eigenvalue weighted by Crippen LogP contribution is 2.44. The van der Waals surface area contributed by atoms with Gasteiger partial charge in [-0.15, -0.1) is 0 Å². The molecule has 0 amide bonds. The van der Waals surface area contributed by atoms with Gasteiger partial charge in [0.25, 0.3) is 0 Å². The third-order valence-corrected chi connectivity index (χ3v) is 18.7. The lowest BCUT2D eigenvalue weighted by Crippen LogP contribution is -2.02. The lowest BCUT2D eigenvalue weighted by atomic mass is 9.99. The first-order chi connectivity index (χ1) is 44.6. The first-order valence-electron chi connectivity index (χ1n) is 30.8. The minimum absolute atomic E-state index is 0.652. The Labute approximate surface area is 517 Å². The molecule has 0 atom stereocenters. The lowest BCUT2D eigenvalue weighted by molar-refractivity contribution is 1.13. The van der Waals surface area contributed by atoms with Gasteiger partial charge in [0.15, 0.2) is 5.82 Å². The molecular formula is C84H52N6. The quantitative estimate of drug-likeness (QED) is 0.142. The Morgan fingerprint density at radius 3 is 0.967 bits per heavy atom. The van der Waals surface area contributed by atoms with Crippen LogP contribution < -0.4 is 0 Å². The molecule has 0 radical (unpaired) electrons. The summed E-state index contributed by atoms with van der Waals surface area (Å²) in [6.07, 6.45) is 0. The molecule has 5 heterocycles. The van der Waals surface area contributed by atoms with Crippen LogP contribution in [0.3, 0.4) is 0 Å². The molecule has 6 heteroatoms. The fourth-order valence-corrected chi connectivity index (χ4v) is 14.7. The van der Waals surface area contributed by atoms with Crippen LogP contribution in [0.1, 0.15) is 0 Å². The highest BCUT2D eigenvalue weighted by Gasteiger charge is 2.23. The van der Waals surface area contributed by atoms with Crippen LogP contribution in [0.25, 0.3) is 177 Å². The van der Waals surface area contributed by atoms with Gasteiger partial charge in [-0.25, -0.2) is 9.97 Å². The van der Waals surface area contributed by atoms with E-state index in [9.17, 15) is 0 Å². The first-order valence-corrected chi connectivity index (χ1v) is 30.8. The van der Waals surface area contributed by atoms with E-state index in [1.54, 1.807) is 0 Å². The van der Waals surface area contributed by atoms with Gasteiger partial charge in [-0.3, -0.25) is 0 Å². The number of aromatic nitrogens is 6. The van der Waals surface area contributed by atoms with Crippen molar-refractivity contribution in [2.75, 3.05) is 0 Å². The second-order valence-corrected chi connectivity index (χ2v) is 23.7. The highest BCUT2D eigenvalue weighted by atomic mass is 15.0. The zero-order valence-electron chi connectivity index (χ0n) is 48.7. The standard InChI is InChI=1S/C84H52N6/c1-4-21-54(22-5-1)83-82-64-27-11-10-20-53(64)36-41-73(82)85-84(86-83)59-46-62(89-76-34-18-14-30-67(76)71-50-57(39-44-80(71)89)55-37-42-78-69(48-55)65-28-12-16-32-74(65)87(78)60-23-6-2-7-24-60)52-63(47-59)90-77-35-19-15-31-68(77)72-51-58(40-45-81(72)90)56-38-43-79-70(49-56)66-29-13-17-33-75(66)88(79)61-25-8-3-9-26-61/h1-52H. The van der Waals surface area contributed by atoms with Crippen molar-refractivity contribution in [3.05, 3.63) is 315 Å². The molecule has 19 aromatic rings. The van der Waals surface area contributed by atoms with Gasteiger partial charge in [-0.2, -0.15) is 0 Å².